The van der Waals surface area contributed by atoms with Gasteiger partial charge in [0, 0.05) is 5.92 Å². The molecule has 1 aromatic rings. The minimum atomic E-state index is -0.455. The van der Waals surface area contributed by atoms with Gasteiger partial charge < -0.3 is 4.74 Å². The summed E-state index contributed by atoms with van der Waals surface area (Å²) in [7, 11) is 1.30. The average molecular weight is 211 g/mol. The topological polar surface area (TPSA) is 43.4 Å². The first kappa shape index (κ1) is 10.9. The molecule has 0 unspecified atom stereocenters. The van der Waals surface area contributed by atoms with Gasteiger partial charge in [-0.15, -0.1) is 11.3 Å². The standard InChI is InChI=1S/C10H11O3S/c1-6(2)9(11)8-4-7(5-14-8)10(12)13-3/h4,6H,1-3H3. The fourth-order valence-electron chi connectivity index (χ4n) is 0.916. The summed E-state index contributed by atoms with van der Waals surface area (Å²) in [5, 5.41) is 2.74. The van der Waals surface area contributed by atoms with E-state index in [1.165, 1.54) is 13.2 Å². The van der Waals surface area contributed by atoms with Crippen molar-refractivity contribution in [2.75, 3.05) is 7.11 Å². The van der Waals surface area contributed by atoms with E-state index in [1.54, 1.807) is 0 Å². The van der Waals surface area contributed by atoms with E-state index in [0.717, 1.165) is 11.3 Å². The molecule has 1 aromatic heterocycles. The van der Waals surface area contributed by atoms with Crippen molar-refractivity contribution in [1.29, 1.82) is 0 Å². The highest BCUT2D eigenvalue weighted by atomic mass is 32.1. The Morgan fingerprint density at radius 3 is 2.64 bits per heavy atom. The minimum absolute atomic E-state index is 0.0291. The molecule has 4 heteroatoms. The molecule has 0 fully saturated rings. The number of Topliss-reactive ketones (excluding diaryl/α,β-unsaturated/α-hetero) is 1. The average Bonchev–Trinajstić information content (AvgIpc) is 2.64. The number of ether oxygens (including phenoxy) is 1. The van der Waals surface area contributed by atoms with Crippen LogP contribution in [-0.2, 0) is 4.74 Å². The Labute approximate surface area is 86.7 Å². The zero-order valence-corrected chi connectivity index (χ0v) is 9.10. The summed E-state index contributed by atoms with van der Waals surface area (Å²) in [6.45, 7) is 3.64. The molecule has 0 saturated heterocycles. The number of ketones is 1. The lowest BCUT2D eigenvalue weighted by atomic mass is 10.1. The molecular formula is C10H11O3S. The Bertz CT molecular complexity index is 352. The van der Waals surface area contributed by atoms with Crippen LogP contribution in [0.5, 0.6) is 0 Å². The Hall–Kier alpha value is -1.16. The van der Waals surface area contributed by atoms with Gasteiger partial charge in [-0.25, -0.2) is 4.79 Å². The predicted octanol–water partition coefficient (Wildman–Crippen LogP) is 2.17. The predicted molar refractivity (Wildman–Crippen MR) is 53.7 cm³/mol. The Balaban J connectivity index is 2.88. The van der Waals surface area contributed by atoms with Gasteiger partial charge in [-0.3, -0.25) is 4.79 Å². The number of rotatable bonds is 3. The number of methoxy groups -OCH3 is 1. The van der Waals surface area contributed by atoms with Crippen molar-refractivity contribution in [1.82, 2.24) is 0 Å². The normalized spacial score (nSPS) is 10.3. The highest BCUT2D eigenvalue weighted by molar-refractivity contribution is 7.11. The molecule has 0 amide bonds. The van der Waals surface area contributed by atoms with Crippen LogP contribution >= 0.6 is 11.3 Å². The molecule has 1 radical (unpaired) electrons. The number of esters is 1. The van der Waals surface area contributed by atoms with Crippen molar-refractivity contribution in [3.63, 3.8) is 0 Å². The first-order valence-electron chi connectivity index (χ1n) is 4.20. The molecule has 0 aliphatic carbocycles. The molecule has 14 heavy (non-hydrogen) atoms. The van der Waals surface area contributed by atoms with E-state index in [-0.39, 0.29) is 11.7 Å². The molecule has 0 spiro atoms. The smallest absolute Gasteiger partial charge is 0.339 e. The second kappa shape index (κ2) is 4.37. The van der Waals surface area contributed by atoms with Crippen molar-refractivity contribution < 1.29 is 14.3 Å². The first-order chi connectivity index (χ1) is 6.56. The van der Waals surface area contributed by atoms with Gasteiger partial charge in [0.15, 0.2) is 5.78 Å². The van der Waals surface area contributed by atoms with Gasteiger partial charge in [-0.05, 0) is 6.07 Å². The molecule has 0 aromatic carbocycles. The molecule has 0 saturated carbocycles. The first-order valence-corrected chi connectivity index (χ1v) is 5.02. The van der Waals surface area contributed by atoms with Crippen LogP contribution in [0.15, 0.2) is 6.07 Å². The molecule has 75 valence electrons. The van der Waals surface area contributed by atoms with Crippen LogP contribution in [-0.4, -0.2) is 18.9 Å². The van der Waals surface area contributed by atoms with Gasteiger partial charge in [0.05, 0.1) is 22.9 Å². The van der Waals surface area contributed by atoms with Gasteiger partial charge in [0.25, 0.3) is 0 Å². The van der Waals surface area contributed by atoms with E-state index >= 15 is 0 Å². The van der Waals surface area contributed by atoms with E-state index in [0.29, 0.717) is 10.4 Å². The van der Waals surface area contributed by atoms with Crippen LogP contribution in [0.4, 0.5) is 0 Å². The van der Waals surface area contributed by atoms with Crippen molar-refractivity contribution in [2.24, 2.45) is 5.92 Å². The molecule has 3 nitrogen and oxygen atoms in total. The molecule has 0 bridgehead atoms. The van der Waals surface area contributed by atoms with Crippen molar-refractivity contribution in [2.45, 2.75) is 13.8 Å². The number of carbonyl (C=O) groups excluding carboxylic acids is 2. The van der Waals surface area contributed by atoms with E-state index in [4.69, 9.17) is 0 Å². The highest BCUT2D eigenvalue weighted by Crippen LogP contribution is 2.18. The van der Waals surface area contributed by atoms with Crippen LogP contribution in [0.1, 0.15) is 33.9 Å². The van der Waals surface area contributed by atoms with Gasteiger partial charge >= 0.3 is 5.97 Å². The third-order valence-corrected chi connectivity index (χ3v) is 2.58. The SMILES string of the molecule is COC(=O)c1[c]sc(C(=O)C(C)C)c1. The van der Waals surface area contributed by atoms with Crippen LogP contribution < -0.4 is 0 Å². The second-order valence-corrected chi connectivity index (χ2v) is 3.98. The lowest BCUT2D eigenvalue weighted by Gasteiger charge is -1.98. The maximum Gasteiger partial charge on any atom is 0.339 e. The molecule has 0 aliphatic rings. The summed E-state index contributed by atoms with van der Waals surface area (Å²) in [5.41, 5.74) is 0.321. The monoisotopic (exact) mass is 211 g/mol. The minimum Gasteiger partial charge on any atom is -0.465 e. The quantitative estimate of drug-likeness (QED) is 0.568. The lowest BCUT2D eigenvalue weighted by Crippen LogP contribution is -2.05. The Morgan fingerprint density at radius 1 is 1.50 bits per heavy atom. The summed E-state index contributed by atoms with van der Waals surface area (Å²) in [5.74, 6) is -0.488. The zero-order chi connectivity index (χ0) is 10.7. The summed E-state index contributed by atoms with van der Waals surface area (Å²) in [6.07, 6.45) is 0. The van der Waals surface area contributed by atoms with Gasteiger partial charge in [-0.1, -0.05) is 13.8 Å². The number of hydrogen-bond acceptors (Lipinski definition) is 4. The van der Waals surface area contributed by atoms with E-state index < -0.39 is 5.97 Å². The van der Waals surface area contributed by atoms with Gasteiger partial charge in [0.2, 0.25) is 0 Å². The van der Waals surface area contributed by atoms with E-state index in [2.05, 4.69) is 10.1 Å². The number of thiophene rings is 1. The number of carbonyl (C=O) groups is 2. The highest BCUT2D eigenvalue weighted by Gasteiger charge is 2.16. The van der Waals surface area contributed by atoms with Crippen LogP contribution in [0, 0.1) is 11.3 Å². The number of hydrogen-bond donors (Lipinski definition) is 0. The molecule has 0 N–H and O–H groups in total. The molecular weight excluding hydrogens is 200 g/mol. The fraction of sp³-hybridized carbons (Fsp3) is 0.400. The molecule has 0 atom stereocenters. The Morgan fingerprint density at radius 2 is 2.14 bits per heavy atom. The fourth-order valence-corrected chi connectivity index (χ4v) is 1.79. The molecule has 1 rings (SSSR count). The van der Waals surface area contributed by atoms with E-state index in [1.807, 2.05) is 13.8 Å². The summed E-state index contributed by atoms with van der Waals surface area (Å²) >= 11 is 1.15. The summed E-state index contributed by atoms with van der Waals surface area (Å²) in [6, 6.07) is 1.53. The van der Waals surface area contributed by atoms with Crippen molar-refractivity contribution in [3.05, 3.63) is 21.9 Å². The third-order valence-electron chi connectivity index (χ3n) is 1.72. The van der Waals surface area contributed by atoms with Crippen LogP contribution in [0.25, 0.3) is 0 Å². The second-order valence-electron chi connectivity index (χ2n) is 3.14. The lowest BCUT2D eigenvalue weighted by molar-refractivity contribution is 0.0601. The van der Waals surface area contributed by atoms with Crippen LogP contribution in [0.2, 0.25) is 0 Å². The third kappa shape index (κ3) is 2.20. The zero-order valence-electron chi connectivity index (χ0n) is 8.29. The van der Waals surface area contributed by atoms with Crippen LogP contribution in [0.3, 0.4) is 0 Å². The van der Waals surface area contributed by atoms with Crippen molar-refractivity contribution in [3.8, 4) is 0 Å². The molecule has 1 heterocycles. The van der Waals surface area contributed by atoms with Gasteiger partial charge in [0.1, 0.15) is 0 Å². The van der Waals surface area contributed by atoms with E-state index in [9.17, 15) is 9.59 Å². The molecule has 0 aliphatic heterocycles. The maximum atomic E-state index is 11.5. The maximum absolute atomic E-state index is 11.5. The summed E-state index contributed by atoms with van der Waals surface area (Å²) < 4.78 is 4.51. The van der Waals surface area contributed by atoms with Crippen molar-refractivity contribution >= 4 is 23.1 Å². The largest absolute Gasteiger partial charge is 0.465 e. The Kier molecular flexibility index (Phi) is 3.41. The summed E-state index contributed by atoms with van der Waals surface area (Å²) in [4.78, 5) is 23.1. The van der Waals surface area contributed by atoms with Gasteiger partial charge in [-0.2, -0.15) is 0 Å².